The van der Waals surface area contributed by atoms with Crippen LogP contribution in [0.1, 0.15) is 6.42 Å². The summed E-state index contributed by atoms with van der Waals surface area (Å²) in [6.45, 7) is -0.626. The van der Waals surface area contributed by atoms with Gasteiger partial charge in [-0.3, -0.25) is 4.79 Å². The molecule has 3 N–H and O–H groups in total. The van der Waals surface area contributed by atoms with Crippen LogP contribution < -0.4 is 5.32 Å². The summed E-state index contributed by atoms with van der Waals surface area (Å²) in [5, 5.41) is 20.3. The molecule has 1 aromatic carbocycles. The van der Waals surface area contributed by atoms with Crippen molar-refractivity contribution in [2.75, 3.05) is 12.4 Å². The van der Waals surface area contributed by atoms with Gasteiger partial charge >= 0.3 is 5.97 Å². The molecule has 0 heterocycles. The van der Waals surface area contributed by atoms with E-state index in [1.807, 2.05) is 18.2 Å². The molecule has 1 amide bonds. The Morgan fingerprint density at radius 2 is 2.05 bits per heavy atom. The van der Waals surface area contributed by atoms with Gasteiger partial charge in [0.1, 0.15) is 6.04 Å². The molecule has 1 rings (SSSR count). The molecule has 0 aromatic heterocycles. The normalized spacial score (nSPS) is 11.9. The molecule has 0 fully saturated rings. The number of carbonyl (C=O) groups is 2. The average Bonchev–Trinajstić information content (AvgIpc) is 2.38. The molecule has 0 aliphatic carbocycles. The van der Waals surface area contributed by atoms with Crippen LogP contribution >= 0.6 is 23.4 Å². The van der Waals surface area contributed by atoms with Crippen LogP contribution in [0.15, 0.2) is 29.2 Å². The van der Waals surface area contributed by atoms with Gasteiger partial charge in [-0.15, -0.1) is 11.8 Å². The lowest BCUT2D eigenvalue weighted by Gasteiger charge is -2.11. The second kappa shape index (κ2) is 8.04. The van der Waals surface area contributed by atoms with Gasteiger partial charge in [0, 0.05) is 17.1 Å². The van der Waals surface area contributed by atoms with Gasteiger partial charge in [0.25, 0.3) is 0 Å². The average molecular weight is 304 g/mol. The molecule has 19 heavy (non-hydrogen) atoms. The molecule has 1 atom stereocenters. The number of thioether (sulfide) groups is 1. The molecule has 7 heteroatoms. The van der Waals surface area contributed by atoms with E-state index in [1.165, 1.54) is 11.8 Å². The number of carboxylic acids is 1. The third-order valence-corrected chi connectivity index (χ3v) is 3.76. The van der Waals surface area contributed by atoms with Crippen molar-refractivity contribution in [1.29, 1.82) is 0 Å². The van der Waals surface area contributed by atoms with E-state index in [1.54, 1.807) is 6.07 Å². The van der Waals surface area contributed by atoms with Crippen LogP contribution in [-0.4, -0.2) is 40.5 Å². The molecule has 1 aromatic rings. The SMILES string of the molecule is O=C(CCSc1ccccc1Cl)NC(CO)C(=O)O. The Balaban J connectivity index is 2.35. The number of carbonyl (C=O) groups excluding carboxylic acids is 1. The lowest BCUT2D eigenvalue weighted by atomic mass is 10.3. The summed E-state index contributed by atoms with van der Waals surface area (Å²) in [5.41, 5.74) is 0. The second-order valence-electron chi connectivity index (χ2n) is 3.67. The molecule has 1 unspecified atom stereocenters. The highest BCUT2D eigenvalue weighted by Gasteiger charge is 2.18. The molecule has 5 nitrogen and oxygen atoms in total. The Morgan fingerprint density at radius 1 is 1.37 bits per heavy atom. The summed E-state index contributed by atoms with van der Waals surface area (Å²) in [6, 6.07) is 6.02. The monoisotopic (exact) mass is 303 g/mol. The van der Waals surface area contributed by atoms with E-state index in [-0.39, 0.29) is 6.42 Å². The number of aliphatic hydroxyl groups excluding tert-OH is 1. The van der Waals surface area contributed by atoms with Crippen molar-refractivity contribution in [2.45, 2.75) is 17.4 Å². The van der Waals surface area contributed by atoms with Gasteiger partial charge in [-0.25, -0.2) is 4.79 Å². The minimum Gasteiger partial charge on any atom is -0.480 e. The maximum Gasteiger partial charge on any atom is 0.328 e. The van der Waals surface area contributed by atoms with Gasteiger partial charge in [-0.2, -0.15) is 0 Å². The first-order valence-electron chi connectivity index (χ1n) is 5.55. The fraction of sp³-hybridized carbons (Fsp3) is 0.333. The number of hydrogen-bond acceptors (Lipinski definition) is 4. The highest BCUT2D eigenvalue weighted by molar-refractivity contribution is 7.99. The van der Waals surface area contributed by atoms with Crippen LogP contribution in [-0.2, 0) is 9.59 Å². The van der Waals surface area contributed by atoms with Gasteiger partial charge < -0.3 is 15.5 Å². The molecule has 0 spiro atoms. The number of amides is 1. The lowest BCUT2D eigenvalue weighted by Crippen LogP contribution is -2.43. The third-order valence-electron chi connectivity index (χ3n) is 2.24. The number of hydrogen-bond donors (Lipinski definition) is 3. The van der Waals surface area contributed by atoms with Gasteiger partial charge in [0.05, 0.1) is 11.6 Å². The lowest BCUT2D eigenvalue weighted by molar-refractivity contribution is -0.142. The van der Waals surface area contributed by atoms with Gasteiger partial charge in [0.2, 0.25) is 5.91 Å². The van der Waals surface area contributed by atoms with Crippen molar-refractivity contribution >= 4 is 35.2 Å². The van der Waals surface area contributed by atoms with Crippen LogP contribution in [0.3, 0.4) is 0 Å². The van der Waals surface area contributed by atoms with Crippen molar-refractivity contribution < 1.29 is 19.8 Å². The largest absolute Gasteiger partial charge is 0.480 e. The summed E-state index contributed by atoms with van der Waals surface area (Å²) in [4.78, 5) is 22.9. The molecule has 0 aliphatic heterocycles. The molecular weight excluding hydrogens is 290 g/mol. The Labute approximate surface area is 120 Å². The van der Waals surface area contributed by atoms with E-state index >= 15 is 0 Å². The Kier molecular flexibility index (Phi) is 6.69. The fourth-order valence-electron chi connectivity index (χ4n) is 1.27. The standard InChI is InChI=1S/C12H14ClNO4S/c13-8-3-1-2-4-10(8)19-6-5-11(16)14-9(7-15)12(17)18/h1-4,9,15H,5-7H2,(H,14,16)(H,17,18). The fourth-order valence-corrected chi connectivity index (χ4v) is 2.45. The van der Waals surface area contributed by atoms with Crippen LogP contribution in [0.5, 0.6) is 0 Å². The number of benzene rings is 1. The Bertz CT molecular complexity index is 455. The first kappa shape index (κ1) is 15.8. The van der Waals surface area contributed by atoms with E-state index in [0.717, 1.165) is 4.90 Å². The topological polar surface area (TPSA) is 86.6 Å². The highest BCUT2D eigenvalue weighted by atomic mass is 35.5. The van der Waals surface area contributed by atoms with Crippen molar-refractivity contribution in [3.05, 3.63) is 29.3 Å². The van der Waals surface area contributed by atoms with E-state index in [9.17, 15) is 9.59 Å². The highest BCUT2D eigenvalue weighted by Crippen LogP contribution is 2.26. The van der Waals surface area contributed by atoms with Gasteiger partial charge in [0.15, 0.2) is 0 Å². The zero-order valence-corrected chi connectivity index (χ0v) is 11.6. The summed E-state index contributed by atoms with van der Waals surface area (Å²) >= 11 is 7.37. The van der Waals surface area contributed by atoms with Gasteiger partial charge in [-0.05, 0) is 12.1 Å². The van der Waals surface area contributed by atoms with Crippen LogP contribution in [0, 0.1) is 0 Å². The van der Waals surface area contributed by atoms with E-state index in [2.05, 4.69) is 5.32 Å². The number of halogens is 1. The molecule has 0 bridgehead atoms. The zero-order chi connectivity index (χ0) is 14.3. The predicted octanol–water partition coefficient (Wildman–Crippen LogP) is 1.38. The summed E-state index contributed by atoms with van der Waals surface area (Å²) in [6.07, 6.45) is 0.152. The van der Waals surface area contributed by atoms with Crippen molar-refractivity contribution in [3.8, 4) is 0 Å². The number of rotatable bonds is 7. The first-order chi connectivity index (χ1) is 9.04. The van der Waals surface area contributed by atoms with E-state index in [0.29, 0.717) is 10.8 Å². The Hall–Kier alpha value is -1.24. The quantitative estimate of drug-likeness (QED) is 0.663. The van der Waals surface area contributed by atoms with Crippen LogP contribution in [0.2, 0.25) is 5.02 Å². The van der Waals surface area contributed by atoms with E-state index in [4.69, 9.17) is 21.8 Å². The maximum absolute atomic E-state index is 11.5. The third kappa shape index (κ3) is 5.50. The van der Waals surface area contributed by atoms with Crippen LogP contribution in [0.25, 0.3) is 0 Å². The number of carboxylic acid groups (broad SMARTS) is 1. The molecular formula is C12H14ClNO4S. The van der Waals surface area contributed by atoms with Gasteiger partial charge in [-0.1, -0.05) is 23.7 Å². The molecule has 0 saturated heterocycles. The minimum atomic E-state index is -1.25. The number of aliphatic hydroxyl groups is 1. The molecule has 104 valence electrons. The molecule has 0 aliphatic rings. The summed E-state index contributed by atoms with van der Waals surface area (Å²) in [7, 11) is 0. The molecule has 0 radical (unpaired) electrons. The van der Waals surface area contributed by atoms with Crippen molar-refractivity contribution in [1.82, 2.24) is 5.32 Å². The second-order valence-corrected chi connectivity index (χ2v) is 5.21. The Morgan fingerprint density at radius 3 is 2.63 bits per heavy atom. The maximum atomic E-state index is 11.5. The summed E-state index contributed by atoms with van der Waals surface area (Å²) < 4.78 is 0. The van der Waals surface area contributed by atoms with E-state index < -0.39 is 24.5 Å². The smallest absolute Gasteiger partial charge is 0.328 e. The van der Waals surface area contributed by atoms with Crippen molar-refractivity contribution in [2.24, 2.45) is 0 Å². The first-order valence-corrected chi connectivity index (χ1v) is 6.91. The zero-order valence-electron chi connectivity index (χ0n) is 10.0. The predicted molar refractivity (Wildman–Crippen MR) is 73.4 cm³/mol. The number of aliphatic carboxylic acids is 1. The van der Waals surface area contributed by atoms with Crippen molar-refractivity contribution in [3.63, 3.8) is 0 Å². The number of nitrogens with one attached hydrogen (secondary N) is 1. The minimum absolute atomic E-state index is 0.152. The summed E-state index contributed by atoms with van der Waals surface area (Å²) in [5.74, 6) is -1.19. The molecule has 0 saturated carbocycles. The van der Waals surface area contributed by atoms with Crippen LogP contribution in [0.4, 0.5) is 0 Å².